The number of H-pyrrole nitrogens is 1. The summed E-state index contributed by atoms with van der Waals surface area (Å²) in [4.78, 5) is 11.0. The third kappa shape index (κ3) is 1.38. The lowest BCUT2D eigenvalue weighted by molar-refractivity contribution is 0.941. The van der Waals surface area contributed by atoms with Gasteiger partial charge in [0, 0.05) is 10.6 Å². The van der Waals surface area contributed by atoms with Gasteiger partial charge in [0.15, 0.2) is 5.82 Å². The van der Waals surface area contributed by atoms with Crippen molar-refractivity contribution in [2.24, 2.45) is 0 Å². The number of hydrogen-bond donors (Lipinski definition) is 2. The Morgan fingerprint density at radius 2 is 2.00 bits per heavy atom. The summed E-state index contributed by atoms with van der Waals surface area (Å²) in [5.74, 6) is 5.83. The van der Waals surface area contributed by atoms with Crippen LogP contribution in [0, 0.1) is 0 Å². The Morgan fingerprint density at radius 1 is 1.36 bits per heavy atom. The van der Waals surface area contributed by atoms with Gasteiger partial charge in [-0.05, 0) is 24.3 Å². The molecule has 0 bridgehead atoms. The lowest BCUT2D eigenvalue weighted by atomic mass is 10.2. The van der Waals surface area contributed by atoms with E-state index in [9.17, 15) is 4.79 Å². The molecule has 0 saturated carbocycles. The fourth-order valence-corrected chi connectivity index (χ4v) is 1.23. The Bertz CT molecular complexity index is 499. The topological polar surface area (TPSA) is 76.7 Å². The van der Waals surface area contributed by atoms with Crippen molar-refractivity contribution in [3.8, 4) is 11.4 Å². The van der Waals surface area contributed by atoms with E-state index in [1.165, 1.54) is 0 Å². The van der Waals surface area contributed by atoms with Gasteiger partial charge in [0.25, 0.3) is 0 Å². The van der Waals surface area contributed by atoms with E-state index in [0.29, 0.717) is 10.8 Å². The lowest BCUT2D eigenvalue weighted by Crippen LogP contribution is -2.24. The second kappa shape index (κ2) is 3.19. The average Bonchev–Trinajstić information content (AvgIpc) is 2.50. The quantitative estimate of drug-likeness (QED) is 0.677. The molecule has 2 aromatic rings. The maximum absolute atomic E-state index is 11.0. The van der Waals surface area contributed by atoms with Gasteiger partial charge in [0.1, 0.15) is 0 Å². The SMILES string of the molecule is Nn1c(-c2ccc(Cl)cc2)n[nH]c1=O. The summed E-state index contributed by atoms with van der Waals surface area (Å²) in [5.41, 5.74) is 0.283. The monoisotopic (exact) mass is 210 g/mol. The summed E-state index contributed by atoms with van der Waals surface area (Å²) in [5, 5.41) is 6.64. The van der Waals surface area contributed by atoms with Crippen LogP contribution in [-0.2, 0) is 0 Å². The number of aromatic nitrogens is 3. The highest BCUT2D eigenvalue weighted by Gasteiger charge is 2.06. The molecule has 0 fully saturated rings. The Morgan fingerprint density at radius 3 is 2.50 bits per heavy atom. The van der Waals surface area contributed by atoms with Crippen molar-refractivity contribution in [3.63, 3.8) is 0 Å². The number of nitrogens with zero attached hydrogens (tertiary/aromatic N) is 2. The maximum atomic E-state index is 11.0. The molecular weight excluding hydrogens is 204 g/mol. The van der Waals surface area contributed by atoms with Gasteiger partial charge in [-0.3, -0.25) is 0 Å². The smallest absolute Gasteiger partial charge is 0.333 e. The van der Waals surface area contributed by atoms with Crippen LogP contribution in [0.4, 0.5) is 0 Å². The molecule has 2 rings (SSSR count). The minimum Gasteiger partial charge on any atom is -0.333 e. The fraction of sp³-hybridized carbons (Fsp3) is 0. The van der Waals surface area contributed by atoms with Gasteiger partial charge in [0.05, 0.1) is 0 Å². The van der Waals surface area contributed by atoms with Crippen LogP contribution in [0.5, 0.6) is 0 Å². The first-order valence-electron chi connectivity index (χ1n) is 3.87. The molecule has 5 nitrogen and oxygen atoms in total. The molecule has 6 heteroatoms. The molecule has 0 spiro atoms. The molecule has 0 atom stereocenters. The van der Waals surface area contributed by atoms with Crippen molar-refractivity contribution in [2.45, 2.75) is 0 Å². The predicted molar refractivity (Wildman–Crippen MR) is 53.4 cm³/mol. The zero-order valence-corrected chi connectivity index (χ0v) is 7.82. The predicted octanol–water partition coefficient (Wildman–Crippen LogP) is 0.606. The molecule has 0 unspecified atom stereocenters. The number of rotatable bonds is 1. The first-order valence-corrected chi connectivity index (χ1v) is 4.25. The second-order valence-corrected chi connectivity index (χ2v) is 3.17. The van der Waals surface area contributed by atoms with Crippen molar-refractivity contribution in [1.82, 2.24) is 14.9 Å². The van der Waals surface area contributed by atoms with Crippen molar-refractivity contribution in [3.05, 3.63) is 39.8 Å². The van der Waals surface area contributed by atoms with E-state index in [4.69, 9.17) is 17.4 Å². The van der Waals surface area contributed by atoms with Gasteiger partial charge in [-0.15, -0.1) is 0 Å². The van der Waals surface area contributed by atoms with Crippen LogP contribution in [0.25, 0.3) is 11.4 Å². The Labute approximate surface area is 84.1 Å². The van der Waals surface area contributed by atoms with E-state index < -0.39 is 5.69 Å². The number of nitrogens with one attached hydrogen (secondary N) is 1. The zero-order valence-electron chi connectivity index (χ0n) is 7.07. The summed E-state index contributed by atoms with van der Waals surface area (Å²) in [6.45, 7) is 0. The molecule has 1 aromatic carbocycles. The molecular formula is C8H7ClN4O. The number of hydrogen-bond acceptors (Lipinski definition) is 3. The van der Waals surface area contributed by atoms with E-state index in [0.717, 1.165) is 10.2 Å². The van der Waals surface area contributed by atoms with Crippen LogP contribution in [0.3, 0.4) is 0 Å². The third-order valence-electron chi connectivity index (χ3n) is 1.81. The molecule has 0 aliphatic heterocycles. The largest absolute Gasteiger partial charge is 0.362 e. The highest BCUT2D eigenvalue weighted by Crippen LogP contribution is 2.16. The molecule has 3 N–H and O–H groups in total. The lowest BCUT2D eigenvalue weighted by Gasteiger charge is -1.98. The first-order chi connectivity index (χ1) is 6.68. The summed E-state index contributed by atoms with van der Waals surface area (Å²) in [6.07, 6.45) is 0. The molecule has 72 valence electrons. The van der Waals surface area contributed by atoms with Crippen LogP contribution in [0.15, 0.2) is 29.1 Å². The number of nitrogens with two attached hydrogens (primary N) is 1. The van der Waals surface area contributed by atoms with Crippen LogP contribution in [-0.4, -0.2) is 14.9 Å². The van der Waals surface area contributed by atoms with Gasteiger partial charge in [-0.2, -0.15) is 9.77 Å². The number of nitrogen functional groups attached to an aromatic ring is 1. The normalized spacial score (nSPS) is 10.4. The molecule has 1 aromatic heterocycles. The minimum atomic E-state index is -0.449. The third-order valence-corrected chi connectivity index (χ3v) is 2.06. The summed E-state index contributed by atoms with van der Waals surface area (Å²) in [6, 6.07) is 6.88. The van der Waals surface area contributed by atoms with Gasteiger partial charge in [-0.1, -0.05) is 11.6 Å². The Hall–Kier alpha value is -1.75. The van der Waals surface area contributed by atoms with E-state index in [1.54, 1.807) is 24.3 Å². The van der Waals surface area contributed by atoms with Crippen LogP contribution in [0.2, 0.25) is 5.02 Å². The molecule has 0 saturated heterocycles. The Kier molecular flexibility index (Phi) is 2.01. The number of halogens is 1. The molecule has 0 aliphatic rings. The van der Waals surface area contributed by atoms with Crippen molar-refractivity contribution in [1.29, 1.82) is 0 Å². The summed E-state index contributed by atoms with van der Waals surface area (Å²) in [7, 11) is 0. The van der Waals surface area contributed by atoms with Crippen LogP contribution < -0.4 is 11.5 Å². The maximum Gasteiger partial charge on any atom is 0.362 e. The van der Waals surface area contributed by atoms with E-state index >= 15 is 0 Å². The highest BCUT2D eigenvalue weighted by molar-refractivity contribution is 6.30. The molecule has 1 heterocycles. The number of aromatic amines is 1. The second-order valence-electron chi connectivity index (χ2n) is 2.73. The van der Waals surface area contributed by atoms with Gasteiger partial charge < -0.3 is 5.84 Å². The average molecular weight is 211 g/mol. The summed E-state index contributed by atoms with van der Waals surface area (Å²) >= 11 is 5.72. The van der Waals surface area contributed by atoms with Crippen molar-refractivity contribution in [2.75, 3.05) is 5.84 Å². The standard InChI is InChI=1S/C8H7ClN4O/c9-6-3-1-5(2-4-6)7-11-12-8(14)13(7)10/h1-4H,10H2,(H,12,14). The van der Waals surface area contributed by atoms with E-state index in [2.05, 4.69) is 10.2 Å². The number of benzene rings is 1. The van der Waals surface area contributed by atoms with Gasteiger partial charge in [-0.25, -0.2) is 9.89 Å². The van der Waals surface area contributed by atoms with E-state index in [1.807, 2.05) is 0 Å². The van der Waals surface area contributed by atoms with Crippen LogP contribution in [0.1, 0.15) is 0 Å². The highest BCUT2D eigenvalue weighted by atomic mass is 35.5. The molecule has 0 aliphatic carbocycles. The molecule has 0 radical (unpaired) electrons. The van der Waals surface area contributed by atoms with Crippen molar-refractivity contribution >= 4 is 11.6 Å². The zero-order chi connectivity index (χ0) is 10.1. The fourth-order valence-electron chi connectivity index (χ4n) is 1.11. The first kappa shape index (κ1) is 8.83. The molecule has 0 amide bonds. The van der Waals surface area contributed by atoms with Crippen molar-refractivity contribution < 1.29 is 0 Å². The van der Waals surface area contributed by atoms with Gasteiger partial charge >= 0.3 is 5.69 Å². The molecule has 14 heavy (non-hydrogen) atoms. The van der Waals surface area contributed by atoms with E-state index in [-0.39, 0.29) is 0 Å². The van der Waals surface area contributed by atoms with Gasteiger partial charge in [0.2, 0.25) is 0 Å². The van der Waals surface area contributed by atoms with Crippen LogP contribution >= 0.6 is 11.6 Å². The summed E-state index contributed by atoms with van der Waals surface area (Å²) < 4.78 is 0.948. The minimum absolute atomic E-state index is 0.381. The Balaban J connectivity index is 2.55.